The zero-order chi connectivity index (χ0) is 12.6. The lowest BCUT2D eigenvalue weighted by molar-refractivity contribution is -0.121. The van der Waals surface area contributed by atoms with E-state index in [0.29, 0.717) is 13.0 Å². The third kappa shape index (κ3) is 2.07. The van der Waals surface area contributed by atoms with Crippen molar-refractivity contribution < 1.29 is 9.90 Å². The third-order valence-electron chi connectivity index (χ3n) is 3.36. The Bertz CT molecular complexity index is 438. The number of aliphatic hydroxyl groups is 1. The minimum absolute atomic E-state index is 0.0221. The lowest BCUT2D eigenvalue weighted by atomic mass is 9.86. The van der Waals surface area contributed by atoms with E-state index in [0.717, 1.165) is 11.3 Å². The van der Waals surface area contributed by atoms with Crippen LogP contribution < -0.4 is 4.90 Å². The number of amides is 1. The summed E-state index contributed by atoms with van der Waals surface area (Å²) in [5, 5.41) is 10.3. The molecule has 0 radical (unpaired) electrons. The number of carbonyl (C=O) groups is 1. The normalized spacial score (nSPS) is 23.7. The Balaban J connectivity index is 2.45. The topological polar surface area (TPSA) is 40.5 Å². The molecule has 3 nitrogen and oxygen atoms in total. The Kier molecular flexibility index (Phi) is 2.96. The van der Waals surface area contributed by atoms with Crippen LogP contribution in [0.15, 0.2) is 24.3 Å². The van der Waals surface area contributed by atoms with Gasteiger partial charge in [0.05, 0.1) is 5.60 Å². The van der Waals surface area contributed by atoms with Crippen LogP contribution >= 0.6 is 0 Å². The number of carbonyl (C=O) groups excluding carboxylic acids is 1. The molecule has 1 atom stereocenters. The quantitative estimate of drug-likeness (QED) is 0.808. The van der Waals surface area contributed by atoms with Gasteiger partial charge in [0.15, 0.2) is 0 Å². The second-order valence-corrected chi connectivity index (χ2v) is 5.19. The van der Waals surface area contributed by atoms with E-state index in [9.17, 15) is 9.90 Å². The number of nitrogens with zero attached hydrogens (tertiary/aromatic N) is 1. The lowest BCUT2D eigenvalue weighted by Crippen LogP contribution is -2.43. The van der Waals surface area contributed by atoms with Gasteiger partial charge in [-0.25, -0.2) is 0 Å². The number of benzene rings is 1. The van der Waals surface area contributed by atoms with Crippen molar-refractivity contribution in [2.24, 2.45) is 5.92 Å². The molecule has 0 aliphatic carbocycles. The summed E-state index contributed by atoms with van der Waals surface area (Å²) in [7, 11) is 0. The van der Waals surface area contributed by atoms with Crippen molar-refractivity contribution in [1.82, 2.24) is 0 Å². The van der Waals surface area contributed by atoms with E-state index in [1.54, 1.807) is 4.90 Å². The van der Waals surface area contributed by atoms with Gasteiger partial charge in [-0.1, -0.05) is 32.0 Å². The molecule has 0 saturated heterocycles. The van der Waals surface area contributed by atoms with Crippen molar-refractivity contribution in [1.29, 1.82) is 0 Å². The Labute approximate surface area is 102 Å². The van der Waals surface area contributed by atoms with Gasteiger partial charge in [0.2, 0.25) is 5.91 Å². The molecule has 0 aromatic heterocycles. The first-order chi connectivity index (χ1) is 7.93. The van der Waals surface area contributed by atoms with Crippen molar-refractivity contribution in [3.63, 3.8) is 0 Å². The summed E-state index contributed by atoms with van der Waals surface area (Å²) in [5.41, 5.74) is 0.868. The molecule has 0 bridgehead atoms. The number of fused-ring (bicyclic) bond motifs is 1. The summed E-state index contributed by atoms with van der Waals surface area (Å²) in [4.78, 5) is 13.9. The van der Waals surface area contributed by atoms with E-state index < -0.39 is 5.60 Å². The molecule has 1 N–H and O–H groups in total. The molecule has 92 valence electrons. The first-order valence-corrected chi connectivity index (χ1v) is 6.07. The van der Waals surface area contributed by atoms with Crippen molar-refractivity contribution in [2.75, 3.05) is 11.4 Å². The fraction of sp³-hybridized carbons (Fsp3) is 0.500. The third-order valence-corrected chi connectivity index (χ3v) is 3.36. The van der Waals surface area contributed by atoms with Gasteiger partial charge in [0.25, 0.3) is 0 Å². The van der Waals surface area contributed by atoms with Crippen molar-refractivity contribution >= 4 is 11.6 Å². The molecule has 0 spiro atoms. The first-order valence-electron chi connectivity index (χ1n) is 6.07. The SMILES string of the molecule is CC(C)C(=O)N1CCC(C)(O)c2ccccc21. The highest BCUT2D eigenvalue weighted by molar-refractivity contribution is 5.96. The summed E-state index contributed by atoms with van der Waals surface area (Å²) in [6.45, 7) is 6.19. The zero-order valence-corrected chi connectivity index (χ0v) is 10.6. The summed E-state index contributed by atoms with van der Waals surface area (Å²) in [6, 6.07) is 7.61. The highest BCUT2D eigenvalue weighted by atomic mass is 16.3. The predicted octanol–water partition coefficient (Wildman–Crippen LogP) is 2.29. The van der Waals surface area contributed by atoms with Crippen molar-refractivity contribution in [3.05, 3.63) is 29.8 Å². The van der Waals surface area contributed by atoms with Gasteiger partial charge in [0.1, 0.15) is 0 Å². The molecule has 1 amide bonds. The Morgan fingerprint density at radius 2 is 2.06 bits per heavy atom. The van der Waals surface area contributed by atoms with Gasteiger partial charge in [-0.15, -0.1) is 0 Å². The number of anilines is 1. The second-order valence-electron chi connectivity index (χ2n) is 5.19. The maximum Gasteiger partial charge on any atom is 0.229 e. The number of para-hydroxylation sites is 1. The van der Waals surface area contributed by atoms with Gasteiger partial charge in [-0.2, -0.15) is 0 Å². The van der Waals surface area contributed by atoms with Gasteiger partial charge < -0.3 is 10.0 Å². The molecule has 0 saturated carbocycles. The molecule has 17 heavy (non-hydrogen) atoms. The molecular weight excluding hydrogens is 214 g/mol. The summed E-state index contributed by atoms with van der Waals surface area (Å²) < 4.78 is 0. The van der Waals surface area contributed by atoms with Crippen molar-refractivity contribution in [3.8, 4) is 0 Å². The fourth-order valence-corrected chi connectivity index (χ4v) is 2.29. The van der Waals surface area contributed by atoms with Crippen LogP contribution in [0.5, 0.6) is 0 Å². The van der Waals surface area contributed by atoms with Crippen LogP contribution in [0.2, 0.25) is 0 Å². The van der Waals surface area contributed by atoms with Gasteiger partial charge in [-0.05, 0) is 19.4 Å². The molecule has 1 aliphatic rings. The lowest BCUT2D eigenvalue weighted by Gasteiger charge is -2.38. The fourth-order valence-electron chi connectivity index (χ4n) is 2.29. The highest BCUT2D eigenvalue weighted by Gasteiger charge is 2.35. The zero-order valence-electron chi connectivity index (χ0n) is 10.6. The molecule has 1 aromatic rings. The standard InChI is InChI=1S/C14H19NO2/c1-10(2)13(16)15-9-8-14(3,17)11-6-4-5-7-12(11)15/h4-7,10,17H,8-9H2,1-3H3. The van der Waals surface area contributed by atoms with Crippen LogP contribution in [0.1, 0.15) is 32.8 Å². The largest absolute Gasteiger partial charge is 0.385 e. The minimum Gasteiger partial charge on any atom is -0.385 e. The van der Waals surface area contributed by atoms with Gasteiger partial charge in [0, 0.05) is 23.7 Å². The molecule has 1 unspecified atom stereocenters. The molecule has 1 aliphatic heterocycles. The van der Waals surface area contributed by atoms with Crippen LogP contribution in [-0.2, 0) is 10.4 Å². The van der Waals surface area contributed by atoms with Crippen LogP contribution in [0, 0.1) is 5.92 Å². The monoisotopic (exact) mass is 233 g/mol. The molecule has 0 fully saturated rings. The molecular formula is C14H19NO2. The van der Waals surface area contributed by atoms with Crippen LogP contribution in [0.25, 0.3) is 0 Å². The van der Waals surface area contributed by atoms with E-state index in [2.05, 4.69) is 0 Å². The Morgan fingerprint density at radius 3 is 2.71 bits per heavy atom. The molecule has 2 rings (SSSR count). The average Bonchev–Trinajstić information content (AvgIpc) is 2.28. The van der Waals surface area contributed by atoms with E-state index >= 15 is 0 Å². The predicted molar refractivity (Wildman–Crippen MR) is 67.8 cm³/mol. The van der Waals surface area contributed by atoms with Gasteiger partial charge >= 0.3 is 0 Å². The summed E-state index contributed by atoms with van der Waals surface area (Å²) in [6.07, 6.45) is 0.586. The van der Waals surface area contributed by atoms with Crippen LogP contribution in [0.4, 0.5) is 5.69 Å². The molecule has 3 heteroatoms. The molecule has 1 aromatic carbocycles. The first kappa shape index (κ1) is 12.1. The highest BCUT2D eigenvalue weighted by Crippen LogP contribution is 2.38. The van der Waals surface area contributed by atoms with E-state index in [4.69, 9.17) is 0 Å². The van der Waals surface area contributed by atoms with Gasteiger partial charge in [-0.3, -0.25) is 4.79 Å². The summed E-state index contributed by atoms with van der Waals surface area (Å²) in [5.74, 6) is 0.0963. The maximum absolute atomic E-state index is 12.1. The number of hydrogen-bond donors (Lipinski definition) is 1. The molecule has 1 heterocycles. The smallest absolute Gasteiger partial charge is 0.229 e. The Hall–Kier alpha value is -1.35. The van der Waals surface area contributed by atoms with E-state index in [1.165, 1.54) is 0 Å². The van der Waals surface area contributed by atoms with Crippen LogP contribution in [-0.4, -0.2) is 17.6 Å². The maximum atomic E-state index is 12.1. The van der Waals surface area contributed by atoms with E-state index in [-0.39, 0.29) is 11.8 Å². The minimum atomic E-state index is -0.829. The number of rotatable bonds is 1. The summed E-state index contributed by atoms with van der Waals surface area (Å²) >= 11 is 0. The van der Waals surface area contributed by atoms with E-state index in [1.807, 2.05) is 45.0 Å². The van der Waals surface area contributed by atoms with Crippen molar-refractivity contribution in [2.45, 2.75) is 32.8 Å². The number of hydrogen-bond acceptors (Lipinski definition) is 2. The second kappa shape index (κ2) is 4.15. The average molecular weight is 233 g/mol. The van der Waals surface area contributed by atoms with Crippen LogP contribution in [0.3, 0.4) is 0 Å². The Morgan fingerprint density at radius 1 is 1.41 bits per heavy atom.